The molecule has 20 heavy (non-hydrogen) atoms. The van der Waals surface area contributed by atoms with E-state index < -0.39 is 15.2 Å². The molecule has 2 rings (SSSR count). The van der Waals surface area contributed by atoms with Crippen LogP contribution in [0.3, 0.4) is 0 Å². The summed E-state index contributed by atoms with van der Waals surface area (Å²) in [4.78, 5) is 18.0. The molecule has 0 aliphatic carbocycles. The second-order valence-electron chi connectivity index (χ2n) is 4.53. The SMILES string of the molecule is CNc1ccncc1C(=O)N1CCSCC1S(C)(=O)=O. The molecule has 110 valence electrons. The molecule has 1 aromatic rings. The van der Waals surface area contributed by atoms with E-state index in [-0.39, 0.29) is 5.91 Å². The second kappa shape index (κ2) is 6.01. The van der Waals surface area contributed by atoms with E-state index in [2.05, 4.69) is 10.3 Å². The van der Waals surface area contributed by atoms with Crippen LogP contribution >= 0.6 is 11.8 Å². The lowest BCUT2D eigenvalue weighted by molar-refractivity contribution is 0.0750. The van der Waals surface area contributed by atoms with Gasteiger partial charge >= 0.3 is 0 Å². The molecule has 1 fully saturated rings. The van der Waals surface area contributed by atoms with Crippen LogP contribution in [0, 0.1) is 0 Å². The third-order valence-corrected chi connectivity index (χ3v) is 5.80. The molecule has 1 amide bonds. The van der Waals surface area contributed by atoms with Gasteiger partial charge in [-0.1, -0.05) is 0 Å². The van der Waals surface area contributed by atoms with E-state index in [9.17, 15) is 13.2 Å². The Kier molecular flexibility index (Phi) is 4.54. The molecule has 0 spiro atoms. The van der Waals surface area contributed by atoms with E-state index in [0.29, 0.717) is 23.5 Å². The van der Waals surface area contributed by atoms with Crippen LogP contribution in [0.2, 0.25) is 0 Å². The van der Waals surface area contributed by atoms with Crippen molar-refractivity contribution in [2.24, 2.45) is 0 Å². The maximum Gasteiger partial charge on any atom is 0.258 e. The van der Waals surface area contributed by atoms with Crippen molar-refractivity contribution in [2.45, 2.75) is 5.37 Å². The van der Waals surface area contributed by atoms with Crippen molar-refractivity contribution in [3.63, 3.8) is 0 Å². The summed E-state index contributed by atoms with van der Waals surface area (Å²) in [5, 5.41) is 2.16. The first-order chi connectivity index (χ1) is 9.45. The molecule has 1 unspecified atom stereocenters. The van der Waals surface area contributed by atoms with Crippen molar-refractivity contribution in [1.29, 1.82) is 0 Å². The molecule has 1 atom stereocenters. The molecular weight excluding hydrogens is 298 g/mol. The summed E-state index contributed by atoms with van der Waals surface area (Å²) in [6.45, 7) is 0.430. The molecule has 6 nitrogen and oxygen atoms in total. The maximum absolute atomic E-state index is 12.6. The lowest BCUT2D eigenvalue weighted by Gasteiger charge is -2.34. The summed E-state index contributed by atoms with van der Waals surface area (Å²) in [5.41, 5.74) is 1.05. The fraction of sp³-hybridized carbons (Fsp3) is 0.500. The van der Waals surface area contributed by atoms with Crippen LogP contribution in [0.4, 0.5) is 5.69 Å². The smallest absolute Gasteiger partial charge is 0.258 e. The molecule has 8 heteroatoms. The first kappa shape index (κ1) is 15.1. The van der Waals surface area contributed by atoms with Gasteiger partial charge in [-0.25, -0.2) is 8.42 Å². The van der Waals surface area contributed by atoms with Gasteiger partial charge in [-0.3, -0.25) is 9.78 Å². The number of carbonyl (C=O) groups excluding carboxylic acids is 1. The van der Waals surface area contributed by atoms with E-state index in [1.807, 2.05) is 0 Å². The highest BCUT2D eigenvalue weighted by Gasteiger charge is 2.35. The largest absolute Gasteiger partial charge is 0.387 e. The Morgan fingerprint density at radius 3 is 2.95 bits per heavy atom. The van der Waals surface area contributed by atoms with Gasteiger partial charge in [0.25, 0.3) is 5.91 Å². The Morgan fingerprint density at radius 2 is 2.30 bits per heavy atom. The minimum absolute atomic E-state index is 0.293. The van der Waals surface area contributed by atoms with Gasteiger partial charge in [0.1, 0.15) is 5.37 Å². The van der Waals surface area contributed by atoms with E-state index in [4.69, 9.17) is 0 Å². The van der Waals surface area contributed by atoms with Gasteiger partial charge in [0.05, 0.1) is 5.56 Å². The standard InChI is InChI=1S/C12H17N3O3S2/c1-13-10-3-4-14-7-9(10)12(16)15-5-6-19-8-11(15)20(2,17)18/h3-4,7,11H,5-6,8H2,1-2H3,(H,13,14). The Hall–Kier alpha value is -1.28. The van der Waals surface area contributed by atoms with Crippen LogP contribution in [-0.2, 0) is 9.84 Å². The van der Waals surface area contributed by atoms with Crippen molar-refractivity contribution in [3.8, 4) is 0 Å². The van der Waals surface area contributed by atoms with Gasteiger partial charge in [-0.2, -0.15) is 11.8 Å². The Labute approximate surface area is 122 Å². The second-order valence-corrected chi connectivity index (χ2v) is 7.88. The monoisotopic (exact) mass is 315 g/mol. The molecule has 1 aliphatic heterocycles. The quantitative estimate of drug-likeness (QED) is 0.884. The number of sulfone groups is 1. The van der Waals surface area contributed by atoms with Gasteiger partial charge < -0.3 is 10.2 Å². The zero-order valence-corrected chi connectivity index (χ0v) is 13.0. The van der Waals surface area contributed by atoms with Gasteiger partial charge in [0, 0.05) is 49.4 Å². The minimum Gasteiger partial charge on any atom is -0.387 e. The van der Waals surface area contributed by atoms with Crippen LogP contribution in [0.1, 0.15) is 10.4 Å². The predicted molar refractivity (Wildman–Crippen MR) is 80.8 cm³/mol. The number of pyridine rings is 1. The highest BCUT2D eigenvalue weighted by Crippen LogP contribution is 2.24. The normalized spacial score (nSPS) is 19.7. The van der Waals surface area contributed by atoms with E-state index in [0.717, 1.165) is 5.75 Å². The topological polar surface area (TPSA) is 79.4 Å². The average molecular weight is 315 g/mol. The highest BCUT2D eigenvalue weighted by atomic mass is 32.2. The van der Waals surface area contributed by atoms with Crippen LogP contribution in [0.25, 0.3) is 0 Å². The van der Waals surface area contributed by atoms with E-state index >= 15 is 0 Å². The molecule has 1 aliphatic rings. The van der Waals surface area contributed by atoms with Crippen molar-refractivity contribution < 1.29 is 13.2 Å². The third-order valence-electron chi connectivity index (χ3n) is 3.16. The summed E-state index contributed by atoms with van der Waals surface area (Å²) in [5.74, 6) is 0.866. The van der Waals surface area contributed by atoms with Crippen molar-refractivity contribution in [2.75, 3.05) is 36.7 Å². The zero-order valence-electron chi connectivity index (χ0n) is 11.4. The van der Waals surface area contributed by atoms with E-state index in [1.54, 1.807) is 31.1 Å². The number of carbonyl (C=O) groups is 1. The first-order valence-electron chi connectivity index (χ1n) is 6.14. The zero-order chi connectivity index (χ0) is 14.8. The van der Waals surface area contributed by atoms with Crippen molar-refractivity contribution in [1.82, 2.24) is 9.88 Å². The van der Waals surface area contributed by atoms with Crippen LogP contribution < -0.4 is 5.32 Å². The highest BCUT2D eigenvalue weighted by molar-refractivity contribution is 8.00. The Morgan fingerprint density at radius 1 is 1.55 bits per heavy atom. The van der Waals surface area contributed by atoms with Crippen LogP contribution in [0.5, 0.6) is 0 Å². The fourth-order valence-corrected chi connectivity index (χ4v) is 4.92. The number of hydrogen-bond acceptors (Lipinski definition) is 6. The van der Waals surface area contributed by atoms with E-state index in [1.165, 1.54) is 17.4 Å². The molecule has 1 N–H and O–H groups in total. The molecule has 1 aromatic heterocycles. The summed E-state index contributed by atoms with van der Waals surface area (Å²) < 4.78 is 23.7. The van der Waals surface area contributed by atoms with Gasteiger partial charge in [-0.15, -0.1) is 0 Å². The number of thioether (sulfide) groups is 1. The predicted octanol–water partition coefficient (Wildman–Crippen LogP) is 0.683. The molecular formula is C12H17N3O3S2. The molecule has 0 saturated carbocycles. The Bertz CT molecular complexity index is 604. The van der Waals surface area contributed by atoms with Crippen LogP contribution in [0.15, 0.2) is 18.5 Å². The summed E-state index contributed by atoms with van der Waals surface area (Å²) in [6.07, 6.45) is 4.23. The number of nitrogens with one attached hydrogen (secondary N) is 1. The summed E-state index contributed by atoms with van der Waals surface area (Å²) in [6, 6.07) is 1.70. The number of hydrogen-bond donors (Lipinski definition) is 1. The number of amides is 1. The minimum atomic E-state index is -3.30. The summed E-state index contributed by atoms with van der Waals surface area (Å²) in [7, 11) is -1.59. The van der Waals surface area contributed by atoms with Gasteiger partial charge in [-0.05, 0) is 6.07 Å². The number of aromatic nitrogens is 1. The molecule has 2 heterocycles. The number of nitrogens with zero attached hydrogens (tertiary/aromatic N) is 2. The summed E-state index contributed by atoms with van der Waals surface area (Å²) >= 11 is 1.55. The van der Waals surface area contributed by atoms with Gasteiger partial charge in [0.15, 0.2) is 9.84 Å². The fourth-order valence-electron chi connectivity index (χ4n) is 2.11. The van der Waals surface area contributed by atoms with Crippen molar-refractivity contribution in [3.05, 3.63) is 24.0 Å². The van der Waals surface area contributed by atoms with Crippen molar-refractivity contribution >= 4 is 33.2 Å². The molecule has 0 aromatic carbocycles. The lowest BCUT2D eigenvalue weighted by atomic mass is 10.2. The molecule has 1 saturated heterocycles. The third kappa shape index (κ3) is 3.06. The average Bonchev–Trinajstić information content (AvgIpc) is 2.45. The van der Waals surface area contributed by atoms with Gasteiger partial charge in [0.2, 0.25) is 0 Å². The molecule has 0 bridgehead atoms. The molecule has 0 radical (unpaired) electrons. The first-order valence-corrected chi connectivity index (χ1v) is 9.25. The lowest BCUT2D eigenvalue weighted by Crippen LogP contribution is -2.50. The Balaban J connectivity index is 2.35. The number of rotatable bonds is 3. The maximum atomic E-state index is 12.6. The van der Waals surface area contributed by atoms with Crippen LogP contribution in [-0.4, -0.2) is 60.9 Å². The number of anilines is 1.